The van der Waals surface area contributed by atoms with Crippen LogP contribution in [0.3, 0.4) is 0 Å². The molecule has 0 radical (unpaired) electrons. The summed E-state index contributed by atoms with van der Waals surface area (Å²) in [5.74, 6) is -0.632. The van der Waals surface area contributed by atoms with Crippen LogP contribution in [-0.4, -0.2) is 27.3 Å². The van der Waals surface area contributed by atoms with Crippen LogP contribution >= 0.6 is 0 Å². The highest BCUT2D eigenvalue weighted by Crippen LogP contribution is 2.39. The molecule has 4 nitrogen and oxygen atoms in total. The Balaban J connectivity index is 3.38. The lowest BCUT2D eigenvalue weighted by atomic mass is 9.75. The molecular formula is C16H24O4. The summed E-state index contributed by atoms with van der Waals surface area (Å²) in [4.78, 5) is 12.2. The highest BCUT2D eigenvalue weighted by molar-refractivity contribution is 5.79. The van der Waals surface area contributed by atoms with Crippen LogP contribution in [0.5, 0.6) is 0 Å². The summed E-state index contributed by atoms with van der Waals surface area (Å²) < 4.78 is 15.6. The molecule has 1 unspecified atom stereocenters. The molecule has 1 aromatic carbocycles. The van der Waals surface area contributed by atoms with Gasteiger partial charge in [0.25, 0.3) is 0 Å². The SMILES string of the molecule is COC(=O)C(c1ccccc1C(OC)OC)C(C)(C)C. The Morgan fingerprint density at radius 1 is 1.00 bits per heavy atom. The molecule has 0 amide bonds. The van der Waals surface area contributed by atoms with E-state index in [4.69, 9.17) is 14.2 Å². The third-order valence-electron chi connectivity index (χ3n) is 3.29. The molecule has 0 heterocycles. The van der Waals surface area contributed by atoms with E-state index in [-0.39, 0.29) is 17.3 Å². The molecule has 1 atom stereocenters. The van der Waals surface area contributed by atoms with E-state index in [0.29, 0.717) is 0 Å². The predicted octanol–water partition coefficient (Wildman–Crippen LogP) is 3.28. The van der Waals surface area contributed by atoms with E-state index in [1.165, 1.54) is 7.11 Å². The van der Waals surface area contributed by atoms with E-state index < -0.39 is 6.29 Å². The van der Waals surface area contributed by atoms with Crippen LogP contribution in [0.2, 0.25) is 0 Å². The Kier molecular flexibility index (Phi) is 5.72. The minimum atomic E-state index is -0.499. The van der Waals surface area contributed by atoms with Crippen molar-refractivity contribution < 1.29 is 19.0 Å². The maximum absolute atomic E-state index is 12.2. The van der Waals surface area contributed by atoms with Gasteiger partial charge in [-0.3, -0.25) is 4.79 Å². The van der Waals surface area contributed by atoms with E-state index in [0.717, 1.165) is 11.1 Å². The van der Waals surface area contributed by atoms with Crippen LogP contribution in [0.25, 0.3) is 0 Å². The number of ether oxygens (including phenoxy) is 3. The molecule has 0 saturated heterocycles. The van der Waals surface area contributed by atoms with Gasteiger partial charge in [-0.15, -0.1) is 0 Å². The first-order valence-corrected chi connectivity index (χ1v) is 6.59. The van der Waals surface area contributed by atoms with Crippen molar-refractivity contribution in [2.24, 2.45) is 5.41 Å². The zero-order valence-electron chi connectivity index (χ0n) is 13.1. The summed E-state index contributed by atoms with van der Waals surface area (Å²) in [6.07, 6.45) is -0.499. The normalized spacial score (nSPS) is 13.3. The molecule has 0 aliphatic rings. The van der Waals surface area contributed by atoms with Crippen LogP contribution in [0.15, 0.2) is 24.3 Å². The summed E-state index contributed by atoms with van der Waals surface area (Å²) in [5, 5.41) is 0. The van der Waals surface area contributed by atoms with Crippen molar-refractivity contribution in [2.75, 3.05) is 21.3 Å². The lowest BCUT2D eigenvalue weighted by Crippen LogP contribution is -2.29. The van der Waals surface area contributed by atoms with Gasteiger partial charge >= 0.3 is 5.97 Å². The number of hydrogen-bond donors (Lipinski definition) is 0. The van der Waals surface area contributed by atoms with Crippen molar-refractivity contribution in [3.63, 3.8) is 0 Å². The number of carbonyl (C=O) groups is 1. The maximum Gasteiger partial charge on any atom is 0.313 e. The largest absolute Gasteiger partial charge is 0.469 e. The minimum absolute atomic E-state index is 0.254. The summed E-state index contributed by atoms with van der Waals surface area (Å²) in [6.45, 7) is 6.04. The summed E-state index contributed by atoms with van der Waals surface area (Å²) >= 11 is 0. The van der Waals surface area contributed by atoms with Crippen LogP contribution in [-0.2, 0) is 19.0 Å². The molecule has 0 N–H and O–H groups in total. The number of rotatable bonds is 5. The number of carbonyl (C=O) groups excluding carboxylic acids is 1. The predicted molar refractivity (Wildman–Crippen MR) is 77.4 cm³/mol. The average Bonchev–Trinajstić information content (AvgIpc) is 2.40. The van der Waals surface area contributed by atoms with E-state index >= 15 is 0 Å². The van der Waals surface area contributed by atoms with Crippen molar-refractivity contribution in [3.05, 3.63) is 35.4 Å². The Labute approximate surface area is 121 Å². The molecular weight excluding hydrogens is 256 g/mol. The van der Waals surface area contributed by atoms with Crippen molar-refractivity contribution in [1.29, 1.82) is 0 Å². The second kappa shape index (κ2) is 6.86. The van der Waals surface area contributed by atoms with Gasteiger partial charge in [0, 0.05) is 19.8 Å². The fourth-order valence-corrected chi connectivity index (χ4v) is 2.40. The molecule has 0 fully saturated rings. The van der Waals surface area contributed by atoms with Gasteiger partial charge in [0.05, 0.1) is 13.0 Å². The van der Waals surface area contributed by atoms with Crippen molar-refractivity contribution >= 4 is 5.97 Å². The van der Waals surface area contributed by atoms with Crippen molar-refractivity contribution in [1.82, 2.24) is 0 Å². The number of hydrogen-bond acceptors (Lipinski definition) is 4. The second-order valence-corrected chi connectivity index (χ2v) is 5.75. The van der Waals surface area contributed by atoms with Crippen LogP contribution in [0.4, 0.5) is 0 Å². The number of esters is 1. The highest BCUT2D eigenvalue weighted by atomic mass is 16.7. The topological polar surface area (TPSA) is 44.8 Å². The standard InChI is InChI=1S/C16H24O4/c1-16(2,3)13(14(17)18-4)11-9-7-8-10-12(11)15(19-5)20-6/h7-10,13,15H,1-6H3. The molecule has 0 aliphatic carbocycles. The Morgan fingerprint density at radius 2 is 1.50 bits per heavy atom. The van der Waals surface area contributed by atoms with Gasteiger partial charge in [0.1, 0.15) is 0 Å². The monoisotopic (exact) mass is 280 g/mol. The summed E-state index contributed by atoms with van der Waals surface area (Å²) in [6, 6.07) is 7.64. The van der Waals surface area contributed by atoms with Crippen molar-refractivity contribution in [2.45, 2.75) is 33.0 Å². The van der Waals surface area contributed by atoms with Gasteiger partial charge in [-0.05, 0) is 11.0 Å². The molecule has 1 rings (SSSR count). The number of benzene rings is 1. The van der Waals surface area contributed by atoms with Crippen LogP contribution in [0.1, 0.15) is 44.1 Å². The summed E-state index contributed by atoms with van der Waals surface area (Å²) in [5.41, 5.74) is 1.46. The average molecular weight is 280 g/mol. The van der Waals surface area contributed by atoms with Gasteiger partial charge in [-0.2, -0.15) is 0 Å². The second-order valence-electron chi connectivity index (χ2n) is 5.75. The lowest BCUT2D eigenvalue weighted by molar-refractivity contribution is -0.145. The molecule has 20 heavy (non-hydrogen) atoms. The van der Waals surface area contributed by atoms with E-state index in [1.807, 2.05) is 45.0 Å². The molecule has 0 aromatic heterocycles. The molecule has 112 valence electrons. The van der Waals surface area contributed by atoms with Crippen LogP contribution < -0.4 is 0 Å². The fourth-order valence-electron chi connectivity index (χ4n) is 2.40. The quantitative estimate of drug-likeness (QED) is 0.613. The smallest absolute Gasteiger partial charge is 0.313 e. The first-order valence-electron chi connectivity index (χ1n) is 6.59. The fraction of sp³-hybridized carbons (Fsp3) is 0.562. The van der Waals surface area contributed by atoms with Gasteiger partial charge in [0.15, 0.2) is 6.29 Å². The molecule has 0 aliphatic heterocycles. The Bertz CT molecular complexity index is 444. The first kappa shape index (κ1) is 16.7. The lowest BCUT2D eigenvalue weighted by Gasteiger charge is -2.31. The zero-order valence-corrected chi connectivity index (χ0v) is 13.1. The van der Waals surface area contributed by atoms with E-state index in [2.05, 4.69) is 0 Å². The third-order valence-corrected chi connectivity index (χ3v) is 3.29. The number of methoxy groups -OCH3 is 3. The molecule has 1 aromatic rings. The van der Waals surface area contributed by atoms with Crippen molar-refractivity contribution in [3.8, 4) is 0 Å². The van der Waals surface area contributed by atoms with E-state index in [9.17, 15) is 4.79 Å². The van der Waals surface area contributed by atoms with Crippen LogP contribution in [0, 0.1) is 5.41 Å². The van der Waals surface area contributed by atoms with Gasteiger partial charge in [0.2, 0.25) is 0 Å². The summed E-state index contributed by atoms with van der Waals surface area (Å²) in [7, 11) is 4.57. The third kappa shape index (κ3) is 3.58. The molecule has 0 spiro atoms. The molecule has 0 saturated carbocycles. The van der Waals surface area contributed by atoms with E-state index in [1.54, 1.807) is 14.2 Å². The first-order chi connectivity index (χ1) is 9.36. The minimum Gasteiger partial charge on any atom is -0.469 e. The zero-order chi connectivity index (χ0) is 15.3. The van der Waals surface area contributed by atoms with Gasteiger partial charge in [-0.1, -0.05) is 45.0 Å². The Morgan fingerprint density at radius 3 is 1.90 bits per heavy atom. The van der Waals surface area contributed by atoms with Gasteiger partial charge in [-0.25, -0.2) is 0 Å². The molecule has 0 bridgehead atoms. The Hall–Kier alpha value is -1.39. The maximum atomic E-state index is 12.2. The molecule has 4 heteroatoms. The van der Waals surface area contributed by atoms with Gasteiger partial charge < -0.3 is 14.2 Å². The highest BCUT2D eigenvalue weighted by Gasteiger charge is 2.36.